The first-order valence-electron chi connectivity index (χ1n) is 11.0. The van der Waals surface area contributed by atoms with Gasteiger partial charge in [-0.05, 0) is 36.8 Å². The summed E-state index contributed by atoms with van der Waals surface area (Å²) in [5.74, 6) is -0.509. The van der Waals surface area contributed by atoms with Gasteiger partial charge in [0.15, 0.2) is 0 Å². The molecule has 182 valence electrons. The van der Waals surface area contributed by atoms with Gasteiger partial charge in [-0.15, -0.1) is 10.2 Å². The Kier molecular flexibility index (Phi) is 4.92. The first-order chi connectivity index (χ1) is 17.3. The van der Waals surface area contributed by atoms with E-state index in [1.165, 1.54) is 4.90 Å². The Bertz CT molecular complexity index is 1580. The highest BCUT2D eigenvalue weighted by atomic mass is 19.4. The molecule has 0 saturated carbocycles. The van der Waals surface area contributed by atoms with Gasteiger partial charge < -0.3 is 18.7 Å². The number of aryl methyl sites for hydroxylation is 1. The average Bonchev–Trinajstić information content (AvgIpc) is 3.62. The van der Waals surface area contributed by atoms with Crippen LogP contribution < -0.4 is 0 Å². The number of hydrogen-bond acceptors (Lipinski definition) is 7. The Balaban J connectivity index is 1.35. The van der Waals surface area contributed by atoms with Gasteiger partial charge in [0.25, 0.3) is 5.89 Å². The maximum atomic E-state index is 13.5. The summed E-state index contributed by atoms with van der Waals surface area (Å²) in [6, 6.07) is 8.94. The number of fused-ring (bicyclic) bond motifs is 2. The minimum atomic E-state index is -4.52. The fraction of sp³-hybridized carbons (Fsp3) is 0.208. The topological polar surface area (TPSA) is 114 Å². The molecule has 36 heavy (non-hydrogen) atoms. The normalized spacial score (nSPS) is 15.9. The molecule has 1 aliphatic heterocycles. The van der Waals surface area contributed by atoms with E-state index in [9.17, 15) is 18.0 Å². The first kappa shape index (κ1) is 22.0. The van der Waals surface area contributed by atoms with Crippen molar-refractivity contribution in [2.24, 2.45) is 0 Å². The highest BCUT2D eigenvalue weighted by Crippen LogP contribution is 2.38. The monoisotopic (exact) mass is 494 g/mol. The summed E-state index contributed by atoms with van der Waals surface area (Å²) in [5, 5.41) is 8.58. The molecule has 4 aromatic heterocycles. The largest absolute Gasteiger partial charge is 0.458 e. The van der Waals surface area contributed by atoms with Crippen molar-refractivity contribution in [3.8, 4) is 11.6 Å². The summed E-state index contributed by atoms with van der Waals surface area (Å²) in [4.78, 5) is 26.3. The van der Waals surface area contributed by atoms with Crippen molar-refractivity contribution >= 4 is 16.9 Å². The number of furan rings is 1. The van der Waals surface area contributed by atoms with Crippen LogP contribution in [0.5, 0.6) is 0 Å². The van der Waals surface area contributed by atoms with Crippen LogP contribution in [0.2, 0.25) is 0 Å². The number of hydrogen-bond donors (Lipinski definition) is 1. The fourth-order valence-electron chi connectivity index (χ4n) is 4.37. The van der Waals surface area contributed by atoms with Gasteiger partial charge in [0.05, 0.1) is 17.6 Å². The Labute approximate surface area is 201 Å². The van der Waals surface area contributed by atoms with Gasteiger partial charge in [-0.1, -0.05) is 12.1 Å². The number of alkyl halides is 3. The standard InChI is InChI=1S/C24H17F3N6O3/c1-12-3-2-4-17-14(12)9-18(35-17)20-19-15(29-11-30-19)7-8-33(20)23(34)22-32-31-21(36-22)16-6-5-13(10-28-16)24(25,26)27/h2-6,9-11,20H,7-8H2,1H3,(H,29,30)/t20-/m1/s1. The maximum Gasteiger partial charge on any atom is 0.417 e. The second-order valence-corrected chi connectivity index (χ2v) is 8.40. The third kappa shape index (κ3) is 3.61. The van der Waals surface area contributed by atoms with Crippen LogP contribution in [0.3, 0.4) is 0 Å². The fourth-order valence-corrected chi connectivity index (χ4v) is 4.37. The van der Waals surface area contributed by atoms with Crippen LogP contribution in [0, 0.1) is 6.92 Å². The van der Waals surface area contributed by atoms with Crippen molar-refractivity contribution in [3.63, 3.8) is 0 Å². The molecular formula is C24H17F3N6O3. The smallest absolute Gasteiger partial charge is 0.417 e. The van der Waals surface area contributed by atoms with Crippen LogP contribution in [0.1, 0.15) is 45.0 Å². The number of benzene rings is 1. The van der Waals surface area contributed by atoms with Gasteiger partial charge in [0.1, 0.15) is 23.1 Å². The molecule has 0 unspecified atom stereocenters. The Morgan fingerprint density at radius 2 is 2.00 bits per heavy atom. The molecule has 0 saturated heterocycles. The minimum Gasteiger partial charge on any atom is -0.458 e. The number of amides is 1. The molecule has 1 N–H and O–H groups in total. The van der Waals surface area contributed by atoms with Gasteiger partial charge in [-0.25, -0.2) is 4.98 Å². The number of nitrogens with one attached hydrogen (secondary N) is 1. The van der Waals surface area contributed by atoms with Crippen LogP contribution >= 0.6 is 0 Å². The molecule has 5 aromatic rings. The molecule has 0 spiro atoms. The lowest BCUT2D eigenvalue weighted by Gasteiger charge is -2.32. The Hall–Kier alpha value is -4.48. The van der Waals surface area contributed by atoms with E-state index in [-0.39, 0.29) is 17.5 Å². The minimum absolute atomic E-state index is 0.0205. The number of aromatic amines is 1. The summed E-state index contributed by atoms with van der Waals surface area (Å²) < 4.78 is 50.1. The molecule has 1 aromatic carbocycles. The number of carbonyl (C=O) groups is 1. The summed E-state index contributed by atoms with van der Waals surface area (Å²) in [6.45, 7) is 2.30. The van der Waals surface area contributed by atoms with Crippen LogP contribution in [-0.4, -0.2) is 42.5 Å². The quantitative estimate of drug-likeness (QED) is 0.386. The molecule has 0 fully saturated rings. The maximum absolute atomic E-state index is 13.5. The zero-order valence-electron chi connectivity index (χ0n) is 18.7. The second kappa shape index (κ2) is 8.04. The van der Waals surface area contributed by atoms with E-state index in [4.69, 9.17) is 8.83 Å². The number of carbonyl (C=O) groups excluding carboxylic acids is 1. The van der Waals surface area contributed by atoms with Crippen molar-refractivity contribution in [1.82, 2.24) is 30.0 Å². The lowest BCUT2D eigenvalue weighted by molar-refractivity contribution is -0.137. The lowest BCUT2D eigenvalue weighted by Crippen LogP contribution is -2.40. The summed E-state index contributed by atoms with van der Waals surface area (Å²) >= 11 is 0. The van der Waals surface area contributed by atoms with Crippen molar-refractivity contribution in [3.05, 3.63) is 83.1 Å². The Morgan fingerprint density at radius 1 is 1.14 bits per heavy atom. The number of imidazole rings is 1. The second-order valence-electron chi connectivity index (χ2n) is 8.40. The predicted octanol–water partition coefficient (Wildman–Crippen LogP) is 4.72. The highest BCUT2D eigenvalue weighted by molar-refractivity contribution is 5.91. The summed E-state index contributed by atoms with van der Waals surface area (Å²) in [6.07, 6.45) is -1.76. The van der Waals surface area contributed by atoms with Crippen LogP contribution in [-0.2, 0) is 12.6 Å². The van der Waals surface area contributed by atoms with Crippen LogP contribution in [0.4, 0.5) is 13.2 Å². The van der Waals surface area contributed by atoms with Crippen LogP contribution in [0.15, 0.2) is 57.8 Å². The molecule has 5 heterocycles. The van der Waals surface area contributed by atoms with Gasteiger partial charge in [0.2, 0.25) is 0 Å². The SMILES string of the molecule is Cc1cccc2oc([C@@H]3c4nc[nH]c4CCN3C(=O)c3nnc(-c4ccc(C(F)(F)F)cn4)o3)cc12. The van der Waals surface area contributed by atoms with Crippen molar-refractivity contribution < 1.29 is 26.8 Å². The van der Waals surface area contributed by atoms with E-state index in [2.05, 4.69) is 25.1 Å². The molecule has 9 nitrogen and oxygen atoms in total. The number of H-pyrrole nitrogens is 1. The highest BCUT2D eigenvalue weighted by Gasteiger charge is 2.39. The molecule has 0 radical (unpaired) electrons. The van der Waals surface area contributed by atoms with E-state index in [0.29, 0.717) is 36.2 Å². The third-order valence-electron chi connectivity index (χ3n) is 6.17. The molecular weight excluding hydrogens is 477 g/mol. The number of rotatable bonds is 3. The van der Waals surface area contributed by atoms with Crippen molar-refractivity contribution in [2.45, 2.75) is 25.6 Å². The summed E-state index contributed by atoms with van der Waals surface area (Å²) in [5.41, 5.74) is 2.37. The van der Waals surface area contributed by atoms with Crippen molar-refractivity contribution in [2.75, 3.05) is 6.54 Å². The molecule has 0 bridgehead atoms. The number of pyridine rings is 1. The molecule has 1 atom stereocenters. The first-order valence-corrected chi connectivity index (χ1v) is 11.0. The molecule has 6 rings (SSSR count). The van der Waals surface area contributed by atoms with E-state index < -0.39 is 23.7 Å². The van der Waals surface area contributed by atoms with Gasteiger partial charge in [0, 0.05) is 30.2 Å². The Morgan fingerprint density at radius 3 is 2.75 bits per heavy atom. The van der Waals surface area contributed by atoms with Crippen molar-refractivity contribution in [1.29, 1.82) is 0 Å². The zero-order valence-corrected chi connectivity index (χ0v) is 18.7. The molecule has 0 aliphatic carbocycles. The zero-order chi connectivity index (χ0) is 25.0. The third-order valence-corrected chi connectivity index (χ3v) is 6.17. The van der Waals surface area contributed by atoms with E-state index in [1.54, 1.807) is 6.33 Å². The van der Waals surface area contributed by atoms with Gasteiger partial charge in [-0.3, -0.25) is 9.78 Å². The summed E-state index contributed by atoms with van der Waals surface area (Å²) in [7, 11) is 0. The number of halogens is 3. The molecule has 1 amide bonds. The van der Waals surface area contributed by atoms with E-state index in [0.717, 1.165) is 28.8 Å². The molecule has 1 aliphatic rings. The van der Waals surface area contributed by atoms with Gasteiger partial charge in [-0.2, -0.15) is 13.2 Å². The van der Waals surface area contributed by atoms with E-state index in [1.807, 2.05) is 31.2 Å². The number of aromatic nitrogens is 5. The van der Waals surface area contributed by atoms with Crippen LogP contribution in [0.25, 0.3) is 22.6 Å². The molecule has 12 heteroatoms. The van der Waals surface area contributed by atoms with Gasteiger partial charge >= 0.3 is 18.0 Å². The average molecular weight is 494 g/mol. The lowest BCUT2D eigenvalue weighted by atomic mass is 9.99. The van der Waals surface area contributed by atoms with E-state index >= 15 is 0 Å². The number of nitrogens with zero attached hydrogens (tertiary/aromatic N) is 5. The predicted molar refractivity (Wildman–Crippen MR) is 119 cm³/mol.